The van der Waals surface area contributed by atoms with Crippen molar-refractivity contribution in [3.8, 4) is 22.6 Å². The van der Waals surface area contributed by atoms with E-state index in [9.17, 15) is 9.59 Å². The fourth-order valence-corrected chi connectivity index (χ4v) is 3.35. The summed E-state index contributed by atoms with van der Waals surface area (Å²) >= 11 is 0. The smallest absolute Gasteiger partial charge is 0.335 e. The summed E-state index contributed by atoms with van der Waals surface area (Å²) in [5.74, 6) is 0.150. The lowest BCUT2D eigenvalue weighted by atomic mass is 10.0. The minimum absolute atomic E-state index is 0.0381. The molecule has 6 nitrogen and oxygen atoms in total. The van der Waals surface area contributed by atoms with Crippen LogP contribution in [0.1, 0.15) is 23.1 Å². The van der Waals surface area contributed by atoms with Crippen LogP contribution in [0.15, 0.2) is 91.5 Å². The lowest BCUT2D eigenvalue weighted by Gasteiger charge is -2.09. The highest BCUT2D eigenvalue weighted by Gasteiger charge is 2.07. The Balaban J connectivity index is 1.51. The van der Waals surface area contributed by atoms with Gasteiger partial charge in [-0.2, -0.15) is 0 Å². The molecule has 3 aromatic carbocycles. The number of esters is 2. The number of hydrogen-bond donors (Lipinski definition) is 1. The SMILES string of the molecule is C=CC(=O)Oc1ccc(-c2ccc(/C=C/c3ccc(OCCCOC(=O)C(=C)CO)cc3C)cc2)cc1. The average molecular weight is 499 g/mol. The van der Waals surface area contributed by atoms with Gasteiger partial charge in [-0.3, -0.25) is 0 Å². The van der Waals surface area contributed by atoms with E-state index in [0.29, 0.717) is 18.8 Å². The summed E-state index contributed by atoms with van der Waals surface area (Å²) in [5, 5.41) is 8.85. The molecule has 0 radical (unpaired) electrons. The summed E-state index contributed by atoms with van der Waals surface area (Å²) in [5.41, 5.74) is 5.35. The third-order valence-electron chi connectivity index (χ3n) is 5.45. The van der Waals surface area contributed by atoms with Gasteiger partial charge < -0.3 is 19.3 Å². The van der Waals surface area contributed by atoms with Crippen LogP contribution in [0.2, 0.25) is 0 Å². The van der Waals surface area contributed by atoms with Crippen molar-refractivity contribution in [3.05, 3.63) is 108 Å². The molecule has 0 atom stereocenters. The first kappa shape index (κ1) is 27.2. The molecule has 0 aliphatic heterocycles. The fourth-order valence-electron chi connectivity index (χ4n) is 3.35. The average Bonchev–Trinajstić information content (AvgIpc) is 2.92. The predicted molar refractivity (Wildman–Crippen MR) is 145 cm³/mol. The van der Waals surface area contributed by atoms with Crippen molar-refractivity contribution < 1.29 is 28.9 Å². The maximum Gasteiger partial charge on any atom is 0.335 e. The molecule has 0 fully saturated rings. The van der Waals surface area contributed by atoms with Crippen molar-refractivity contribution in [1.82, 2.24) is 0 Å². The highest BCUT2D eigenvalue weighted by Crippen LogP contribution is 2.24. The molecule has 0 aromatic heterocycles. The number of ether oxygens (including phenoxy) is 3. The highest BCUT2D eigenvalue weighted by atomic mass is 16.5. The second-order valence-corrected chi connectivity index (χ2v) is 8.22. The second kappa shape index (κ2) is 13.6. The maximum atomic E-state index is 11.4. The molecule has 1 N–H and O–H groups in total. The topological polar surface area (TPSA) is 82.1 Å². The summed E-state index contributed by atoms with van der Waals surface area (Å²) < 4.78 is 15.9. The van der Waals surface area contributed by atoms with E-state index in [4.69, 9.17) is 19.3 Å². The van der Waals surface area contributed by atoms with Crippen LogP contribution in [-0.2, 0) is 14.3 Å². The zero-order valence-electron chi connectivity index (χ0n) is 20.8. The van der Waals surface area contributed by atoms with Crippen molar-refractivity contribution in [2.24, 2.45) is 0 Å². The Kier molecular flexibility index (Phi) is 10.00. The van der Waals surface area contributed by atoms with Crippen LogP contribution in [0.4, 0.5) is 0 Å². The molecule has 0 heterocycles. The van der Waals surface area contributed by atoms with Crippen LogP contribution in [0, 0.1) is 6.92 Å². The summed E-state index contributed by atoms with van der Waals surface area (Å²) in [7, 11) is 0. The molecular weight excluding hydrogens is 468 g/mol. The molecular formula is C31H30O6. The number of aryl methyl sites for hydroxylation is 1. The Labute approximate surface area is 217 Å². The molecule has 0 saturated carbocycles. The van der Waals surface area contributed by atoms with Crippen LogP contribution in [0.25, 0.3) is 23.3 Å². The summed E-state index contributed by atoms with van der Waals surface area (Å²) in [6, 6.07) is 21.4. The van der Waals surface area contributed by atoms with Crippen molar-refractivity contribution in [2.45, 2.75) is 13.3 Å². The van der Waals surface area contributed by atoms with E-state index >= 15 is 0 Å². The fraction of sp³-hybridized carbons (Fsp3) is 0.161. The number of aliphatic hydroxyl groups excluding tert-OH is 1. The lowest BCUT2D eigenvalue weighted by Crippen LogP contribution is -2.12. The number of rotatable bonds is 12. The van der Waals surface area contributed by atoms with Crippen molar-refractivity contribution in [2.75, 3.05) is 19.8 Å². The minimum Gasteiger partial charge on any atom is -0.493 e. The van der Waals surface area contributed by atoms with Crippen LogP contribution in [-0.4, -0.2) is 36.9 Å². The van der Waals surface area contributed by atoms with Gasteiger partial charge >= 0.3 is 11.9 Å². The normalized spacial score (nSPS) is 10.6. The first-order valence-corrected chi connectivity index (χ1v) is 11.8. The zero-order valence-corrected chi connectivity index (χ0v) is 20.8. The molecule has 0 saturated heterocycles. The van der Waals surface area contributed by atoms with E-state index in [1.54, 1.807) is 12.1 Å². The number of carbonyl (C=O) groups excluding carboxylic acids is 2. The molecule has 0 amide bonds. The van der Waals surface area contributed by atoms with Crippen LogP contribution in [0.5, 0.6) is 11.5 Å². The Morgan fingerprint density at radius 1 is 0.892 bits per heavy atom. The van der Waals surface area contributed by atoms with E-state index in [2.05, 4.69) is 25.3 Å². The highest BCUT2D eigenvalue weighted by molar-refractivity contribution is 5.87. The van der Waals surface area contributed by atoms with Gasteiger partial charge in [-0.05, 0) is 59.0 Å². The molecule has 0 aliphatic carbocycles. The molecule has 6 heteroatoms. The number of aliphatic hydroxyl groups is 1. The summed E-state index contributed by atoms with van der Waals surface area (Å²) in [4.78, 5) is 22.7. The zero-order chi connectivity index (χ0) is 26.6. The van der Waals surface area contributed by atoms with Gasteiger partial charge in [-0.1, -0.05) is 67.8 Å². The van der Waals surface area contributed by atoms with Gasteiger partial charge in [-0.15, -0.1) is 0 Å². The van der Waals surface area contributed by atoms with Gasteiger partial charge in [0.15, 0.2) is 0 Å². The molecule has 0 spiro atoms. The van der Waals surface area contributed by atoms with Crippen LogP contribution < -0.4 is 9.47 Å². The monoisotopic (exact) mass is 498 g/mol. The molecule has 3 aromatic rings. The van der Waals surface area contributed by atoms with Gasteiger partial charge in [0, 0.05) is 12.5 Å². The standard InChI is InChI=1S/C31H30O6/c1-4-30(33)37-28-15-13-27(14-16-28)26-10-7-24(8-11-26)6-9-25-12-17-29(20-22(25)2)35-18-5-19-36-31(34)23(3)21-32/h4,6-17,20,32H,1,3,5,18-19,21H2,2H3/b9-6+. The quantitative estimate of drug-likeness (QED) is 0.112. The molecule has 0 bridgehead atoms. The Morgan fingerprint density at radius 2 is 1.54 bits per heavy atom. The lowest BCUT2D eigenvalue weighted by molar-refractivity contribution is -0.139. The van der Waals surface area contributed by atoms with E-state index < -0.39 is 18.5 Å². The largest absolute Gasteiger partial charge is 0.493 e. The Hall–Kier alpha value is -4.42. The van der Waals surface area contributed by atoms with Gasteiger partial charge in [0.2, 0.25) is 0 Å². The van der Waals surface area contributed by atoms with Crippen molar-refractivity contribution in [1.29, 1.82) is 0 Å². The molecule has 37 heavy (non-hydrogen) atoms. The summed E-state index contributed by atoms with van der Waals surface area (Å²) in [6.07, 6.45) is 5.78. The van der Waals surface area contributed by atoms with Crippen LogP contribution in [0.3, 0.4) is 0 Å². The second-order valence-electron chi connectivity index (χ2n) is 8.22. The van der Waals surface area contributed by atoms with E-state index in [0.717, 1.165) is 39.6 Å². The van der Waals surface area contributed by atoms with Gasteiger partial charge in [0.25, 0.3) is 0 Å². The van der Waals surface area contributed by atoms with Crippen molar-refractivity contribution in [3.63, 3.8) is 0 Å². The first-order chi connectivity index (χ1) is 17.9. The third-order valence-corrected chi connectivity index (χ3v) is 5.45. The maximum absolute atomic E-state index is 11.4. The first-order valence-electron chi connectivity index (χ1n) is 11.8. The third kappa shape index (κ3) is 8.33. The Morgan fingerprint density at radius 3 is 2.16 bits per heavy atom. The molecule has 0 aliphatic rings. The number of benzene rings is 3. The minimum atomic E-state index is -0.591. The van der Waals surface area contributed by atoms with Gasteiger partial charge in [0.05, 0.1) is 25.4 Å². The van der Waals surface area contributed by atoms with Crippen molar-refractivity contribution >= 4 is 24.1 Å². The van der Waals surface area contributed by atoms with E-state index in [1.165, 1.54) is 0 Å². The Bertz CT molecular complexity index is 1270. The van der Waals surface area contributed by atoms with E-state index in [-0.39, 0.29) is 12.2 Å². The van der Waals surface area contributed by atoms with Crippen LogP contribution >= 0.6 is 0 Å². The summed E-state index contributed by atoms with van der Waals surface area (Å²) in [6.45, 7) is 9.04. The van der Waals surface area contributed by atoms with Gasteiger partial charge in [0.1, 0.15) is 11.5 Å². The number of carbonyl (C=O) groups is 2. The van der Waals surface area contributed by atoms with Gasteiger partial charge in [-0.25, -0.2) is 9.59 Å². The number of hydrogen-bond acceptors (Lipinski definition) is 6. The predicted octanol–water partition coefficient (Wildman–Crippen LogP) is 5.78. The molecule has 190 valence electrons. The van der Waals surface area contributed by atoms with E-state index in [1.807, 2.05) is 61.5 Å². The molecule has 3 rings (SSSR count). The molecule has 0 unspecified atom stereocenters.